The summed E-state index contributed by atoms with van der Waals surface area (Å²) >= 11 is 0. The van der Waals surface area contributed by atoms with Crippen LogP contribution < -0.4 is 15.0 Å². The summed E-state index contributed by atoms with van der Waals surface area (Å²) in [5, 5.41) is 0. The van der Waals surface area contributed by atoms with E-state index in [-0.39, 0.29) is 16.0 Å². The van der Waals surface area contributed by atoms with Crippen LogP contribution in [0.25, 0.3) is 11.1 Å². The Morgan fingerprint density at radius 2 is 1.72 bits per heavy atom. The molecule has 0 aliphatic rings. The van der Waals surface area contributed by atoms with E-state index >= 15 is 0 Å². The average Bonchev–Trinajstić information content (AvgIpc) is 2.80. The largest absolute Gasteiger partial charge is 0.491 e. The lowest BCUT2D eigenvalue weighted by molar-refractivity contribution is 0.0941. The number of ether oxygens (including phenoxy) is 2. The number of amides is 1. The molecular weight excluding hydrogens is 435 g/mol. The Morgan fingerprint density at radius 1 is 0.969 bits per heavy atom. The molecule has 168 valence electrons. The summed E-state index contributed by atoms with van der Waals surface area (Å²) < 4.78 is 49.9. The van der Waals surface area contributed by atoms with Gasteiger partial charge in [-0.25, -0.2) is 12.8 Å². The van der Waals surface area contributed by atoms with Crippen LogP contribution in [0.5, 0.6) is 5.75 Å². The third kappa shape index (κ3) is 5.70. The Morgan fingerprint density at radius 3 is 2.44 bits per heavy atom. The van der Waals surface area contributed by atoms with E-state index in [1.54, 1.807) is 55.6 Å². The first-order chi connectivity index (χ1) is 15.3. The molecule has 3 aromatic rings. The molecule has 7 nitrogen and oxygen atoms in total. The van der Waals surface area contributed by atoms with E-state index in [4.69, 9.17) is 9.47 Å². The number of carbonyl (C=O) groups is 1. The first kappa shape index (κ1) is 23.4. The van der Waals surface area contributed by atoms with E-state index in [1.165, 1.54) is 25.1 Å². The molecule has 32 heavy (non-hydrogen) atoms. The third-order valence-electron chi connectivity index (χ3n) is 4.58. The lowest BCUT2D eigenvalue weighted by Crippen LogP contribution is -2.41. The smallest absolute Gasteiger partial charge is 0.269 e. The number of hydrogen-bond donors (Lipinski definition) is 2. The molecule has 2 N–H and O–H groups in total. The highest BCUT2D eigenvalue weighted by Crippen LogP contribution is 2.27. The van der Waals surface area contributed by atoms with E-state index in [9.17, 15) is 17.6 Å². The number of sulfonamides is 1. The van der Waals surface area contributed by atoms with Gasteiger partial charge in [0.2, 0.25) is 0 Å². The highest BCUT2D eigenvalue weighted by atomic mass is 32.2. The molecule has 0 aliphatic heterocycles. The van der Waals surface area contributed by atoms with Crippen LogP contribution in [0.15, 0.2) is 71.6 Å². The molecule has 0 spiro atoms. The monoisotopic (exact) mass is 458 g/mol. The number of benzene rings is 3. The van der Waals surface area contributed by atoms with Gasteiger partial charge in [-0.15, -0.1) is 4.83 Å². The van der Waals surface area contributed by atoms with E-state index in [0.29, 0.717) is 30.1 Å². The van der Waals surface area contributed by atoms with E-state index in [1.807, 2.05) is 4.83 Å². The molecular formula is C23H23FN2O5S. The van der Waals surface area contributed by atoms with Gasteiger partial charge >= 0.3 is 0 Å². The standard InChI is InChI=1S/C23H23FN2O5S/c1-16-13-18(17-7-6-8-19(14-17)31-12-11-30-2)15-21(22(16)24)23(27)25-26-32(28,29)20-9-4-3-5-10-20/h3-10,13-15,26H,11-12H2,1-2H3,(H,25,27). The van der Waals surface area contributed by atoms with Gasteiger partial charge in [-0.3, -0.25) is 10.2 Å². The molecule has 3 aromatic carbocycles. The van der Waals surface area contributed by atoms with Gasteiger partial charge in [0.25, 0.3) is 15.9 Å². The number of aryl methyl sites for hydroxylation is 1. The normalized spacial score (nSPS) is 11.2. The van der Waals surface area contributed by atoms with Crippen molar-refractivity contribution in [2.75, 3.05) is 20.3 Å². The lowest BCUT2D eigenvalue weighted by Gasteiger charge is -2.13. The van der Waals surface area contributed by atoms with Gasteiger partial charge in [-0.2, -0.15) is 0 Å². The van der Waals surface area contributed by atoms with Crippen molar-refractivity contribution in [3.63, 3.8) is 0 Å². The maximum atomic E-state index is 14.7. The number of methoxy groups -OCH3 is 1. The summed E-state index contributed by atoms with van der Waals surface area (Å²) in [6, 6.07) is 17.6. The van der Waals surface area contributed by atoms with Crippen LogP contribution in [0.4, 0.5) is 4.39 Å². The van der Waals surface area contributed by atoms with Gasteiger partial charge in [0.05, 0.1) is 17.1 Å². The van der Waals surface area contributed by atoms with Gasteiger partial charge in [0.1, 0.15) is 18.2 Å². The summed E-state index contributed by atoms with van der Waals surface area (Å²) in [4.78, 5) is 14.6. The Bertz CT molecular complexity index is 1200. The van der Waals surface area contributed by atoms with Crippen molar-refractivity contribution in [1.82, 2.24) is 10.3 Å². The van der Waals surface area contributed by atoms with Crippen LogP contribution >= 0.6 is 0 Å². The van der Waals surface area contributed by atoms with Crippen molar-refractivity contribution < 1.29 is 27.1 Å². The molecule has 0 aromatic heterocycles. The number of rotatable bonds is 9. The highest BCUT2D eigenvalue weighted by Gasteiger charge is 2.19. The van der Waals surface area contributed by atoms with Gasteiger partial charge in [-0.1, -0.05) is 30.3 Å². The molecule has 0 heterocycles. The van der Waals surface area contributed by atoms with Crippen molar-refractivity contribution in [2.24, 2.45) is 0 Å². The molecule has 0 radical (unpaired) electrons. The van der Waals surface area contributed by atoms with Crippen LogP contribution in [0, 0.1) is 12.7 Å². The molecule has 0 unspecified atom stereocenters. The number of nitrogens with one attached hydrogen (secondary N) is 2. The number of hydrogen-bond acceptors (Lipinski definition) is 5. The Labute approximate surface area is 186 Å². The minimum Gasteiger partial charge on any atom is -0.491 e. The Balaban J connectivity index is 1.82. The maximum Gasteiger partial charge on any atom is 0.269 e. The van der Waals surface area contributed by atoms with Gasteiger partial charge in [-0.05, 0) is 60.0 Å². The maximum absolute atomic E-state index is 14.7. The summed E-state index contributed by atoms with van der Waals surface area (Å²) in [6.07, 6.45) is 0. The van der Waals surface area contributed by atoms with Crippen LogP contribution in [0.2, 0.25) is 0 Å². The topological polar surface area (TPSA) is 93.7 Å². The molecule has 1 amide bonds. The van der Waals surface area contributed by atoms with Gasteiger partial charge in [0, 0.05) is 7.11 Å². The summed E-state index contributed by atoms with van der Waals surface area (Å²) in [5.74, 6) is -1.06. The van der Waals surface area contributed by atoms with Crippen molar-refractivity contribution in [3.05, 3.63) is 83.7 Å². The lowest BCUT2D eigenvalue weighted by atomic mass is 9.99. The zero-order chi connectivity index (χ0) is 23.1. The van der Waals surface area contributed by atoms with Gasteiger partial charge < -0.3 is 9.47 Å². The second-order valence-electron chi connectivity index (χ2n) is 6.90. The van der Waals surface area contributed by atoms with Crippen LogP contribution in [0.1, 0.15) is 15.9 Å². The van der Waals surface area contributed by atoms with Crippen molar-refractivity contribution in [3.8, 4) is 16.9 Å². The zero-order valence-corrected chi connectivity index (χ0v) is 18.4. The van der Waals surface area contributed by atoms with E-state index < -0.39 is 21.7 Å². The quantitative estimate of drug-likeness (QED) is 0.378. The van der Waals surface area contributed by atoms with Crippen LogP contribution in [-0.4, -0.2) is 34.6 Å². The molecule has 0 aliphatic carbocycles. The SMILES string of the molecule is COCCOc1cccc(-c2cc(C)c(F)c(C(=O)NNS(=O)(=O)c3ccccc3)c2)c1. The summed E-state index contributed by atoms with van der Waals surface area (Å²) in [6.45, 7) is 2.34. The minimum absolute atomic E-state index is 0.0315. The summed E-state index contributed by atoms with van der Waals surface area (Å²) in [5.41, 5.74) is 3.32. The van der Waals surface area contributed by atoms with Gasteiger partial charge in [0.15, 0.2) is 0 Å². The molecule has 0 fully saturated rings. The van der Waals surface area contributed by atoms with E-state index in [0.717, 1.165) is 0 Å². The fourth-order valence-electron chi connectivity index (χ4n) is 2.95. The number of hydrazine groups is 1. The predicted molar refractivity (Wildman–Crippen MR) is 118 cm³/mol. The first-order valence-corrected chi connectivity index (χ1v) is 11.2. The van der Waals surface area contributed by atoms with Crippen molar-refractivity contribution >= 4 is 15.9 Å². The molecule has 3 rings (SSSR count). The Kier molecular flexibility index (Phi) is 7.57. The van der Waals surface area contributed by atoms with E-state index in [2.05, 4.69) is 5.43 Å². The predicted octanol–water partition coefficient (Wildman–Crippen LogP) is 3.45. The molecule has 0 saturated heterocycles. The third-order valence-corrected chi connectivity index (χ3v) is 5.84. The second kappa shape index (κ2) is 10.4. The van der Waals surface area contributed by atoms with Crippen LogP contribution in [-0.2, 0) is 14.8 Å². The highest BCUT2D eigenvalue weighted by molar-refractivity contribution is 7.89. The fraction of sp³-hybridized carbons (Fsp3) is 0.174. The minimum atomic E-state index is -4.00. The average molecular weight is 459 g/mol. The van der Waals surface area contributed by atoms with Crippen molar-refractivity contribution in [2.45, 2.75) is 11.8 Å². The van der Waals surface area contributed by atoms with Crippen molar-refractivity contribution in [1.29, 1.82) is 0 Å². The number of halogens is 1. The number of carbonyl (C=O) groups excluding carboxylic acids is 1. The molecule has 0 saturated carbocycles. The summed E-state index contributed by atoms with van der Waals surface area (Å²) in [7, 11) is -2.42. The molecule has 0 bridgehead atoms. The second-order valence-corrected chi connectivity index (χ2v) is 8.58. The zero-order valence-electron chi connectivity index (χ0n) is 17.6. The molecule has 9 heteroatoms. The first-order valence-electron chi connectivity index (χ1n) is 9.71. The fourth-order valence-corrected chi connectivity index (χ4v) is 3.81. The Hall–Kier alpha value is -3.27. The van der Waals surface area contributed by atoms with Crippen LogP contribution in [0.3, 0.4) is 0 Å². The molecule has 0 atom stereocenters.